The van der Waals surface area contributed by atoms with Crippen molar-refractivity contribution in [3.63, 3.8) is 0 Å². The zero-order chi connectivity index (χ0) is 16.9. The molecule has 0 spiro atoms. The molecule has 0 aliphatic carbocycles. The monoisotopic (exact) mass is 336 g/mol. The Hall–Kier alpha value is -2.33. The molecule has 0 atom stereocenters. The topological polar surface area (TPSA) is 33.2 Å². The summed E-state index contributed by atoms with van der Waals surface area (Å²) in [5, 5.41) is 1.07. The number of benzene rings is 2. The Bertz CT molecular complexity index is 840. The Morgan fingerprint density at radius 3 is 2.58 bits per heavy atom. The van der Waals surface area contributed by atoms with Crippen LogP contribution in [0.4, 0.5) is 0 Å². The Morgan fingerprint density at radius 2 is 1.83 bits per heavy atom. The average molecular weight is 336 g/mol. The number of hydrogen-bond donors (Lipinski definition) is 0. The van der Waals surface area contributed by atoms with Gasteiger partial charge < -0.3 is 4.90 Å². The predicted molar refractivity (Wildman–Crippen MR) is 100 cm³/mol. The number of carbonyl (C=O) groups excluding carboxylic acids is 1. The van der Waals surface area contributed by atoms with E-state index < -0.39 is 0 Å². The molecular formula is C20H20N2OS. The van der Waals surface area contributed by atoms with Gasteiger partial charge in [-0.25, -0.2) is 0 Å². The average Bonchev–Trinajstić information content (AvgIpc) is 2.62. The van der Waals surface area contributed by atoms with Crippen molar-refractivity contribution in [2.24, 2.45) is 0 Å². The van der Waals surface area contributed by atoms with E-state index in [1.807, 2.05) is 37.4 Å². The third kappa shape index (κ3) is 3.77. The van der Waals surface area contributed by atoms with Crippen LogP contribution in [0.3, 0.4) is 0 Å². The highest BCUT2D eigenvalue weighted by Crippen LogP contribution is 2.18. The number of aromatic nitrogens is 1. The molecule has 0 aliphatic heterocycles. The van der Waals surface area contributed by atoms with Crippen LogP contribution in [0, 0.1) is 0 Å². The fourth-order valence-corrected chi connectivity index (χ4v) is 3.11. The van der Waals surface area contributed by atoms with Gasteiger partial charge in [0.15, 0.2) is 0 Å². The molecule has 3 nitrogen and oxygen atoms in total. The summed E-state index contributed by atoms with van der Waals surface area (Å²) in [5.41, 5.74) is 3.02. The number of rotatable bonds is 5. The highest BCUT2D eigenvalue weighted by atomic mass is 32.2. The van der Waals surface area contributed by atoms with Crippen LogP contribution in [0.15, 0.2) is 65.7 Å². The van der Waals surface area contributed by atoms with Crippen LogP contribution in [-0.2, 0) is 17.8 Å². The second-order valence-electron chi connectivity index (χ2n) is 5.77. The molecule has 0 aliphatic rings. The molecule has 0 radical (unpaired) electrons. The summed E-state index contributed by atoms with van der Waals surface area (Å²) in [6.45, 7) is 0.617. The summed E-state index contributed by atoms with van der Waals surface area (Å²) in [6, 6.07) is 18.3. The number of nitrogens with zero attached hydrogens (tertiary/aromatic N) is 2. The highest BCUT2D eigenvalue weighted by Gasteiger charge is 2.12. The van der Waals surface area contributed by atoms with E-state index in [9.17, 15) is 4.79 Å². The van der Waals surface area contributed by atoms with Crippen LogP contribution in [0.25, 0.3) is 10.9 Å². The number of hydrogen-bond acceptors (Lipinski definition) is 3. The van der Waals surface area contributed by atoms with E-state index in [0.29, 0.717) is 13.0 Å². The second kappa shape index (κ2) is 7.49. The van der Waals surface area contributed by atoms with Gasteiger partial charge in [0, 0.05) is 30.1 Å². The van der Waals surface area contributed by atoms with Crippen molar-refractivity contribution in [1.29, 1.82) is 0 Å². The third-order valence-corrected chi connectivity index (χ3v) is 4.81. The van der Waals surface area contributed by atoms with Crippen molar-refractivity contribution in [2.75, 3.05) is 13.3 Å². The van der Waals surface area contributed by atoms with E-state index in [2.05, 4.69) is 35.5 Å². The van der Waals surface area contributed by atoms with Gasteiger partial charge in [-0.15, -0.1) is 11.8 Å². The van der Waals surface area contributed by atoms with Gasteiger partial charge in [-0.3, -0.25) is 9.78 Å². The Labute approximate surface area is 146 Å². The smallest absolute Gasteiger partial charge is 0.227 e. The minimum absolute atomic E-state index is 0.0992. The molecule has 4 heteroatoms. The van der Waals surface area contributed by atoms with Crippen LogP contribution < -0.4 is 0 Å². The first kappa shape index (κ1) is 16.5. The van der Waals surface area contributed by atoms with Gasteiger partial charge in [0.25, 0.3) is 0 Å². The van der Waals surface area contributed by atoms with Crippen molar-refractivity contribution in [3.8, 4) is 0 Å². The van der Waals surface area contributed by atoms with E-state index in [-0.39, 0.29) is 5.91 Å². The number of thioether (sulfide) groups is 1. The van der Waals surface area contributed by atoms with Crippen molar-refractivity contribution < 1.29 is 4.79 Å². The van der Waals surface area contributed by atoms with Crippen molar-refractivity contribution in [3.05, 3.63) is 71.9 Å². The van der Waals surface area contributed by atoms with Gasteiger partial charge in [-0.1, -0.05) is 36.4 Å². The lowest BCUT2D eigenvalue weighted by molar-refractivity contribution is -0.129. The van der Waals surface area contributed by atoms with E-state index in [0.717, 1.165) is 22.0 Å². The molecule has 3 rings (SSSR count). The van der Waals surface area contributed by atoms with Crippen LogP contribution in [0.1, 0.15) is 11.1 Å². The normalized spacial score (nSPS) is 10.8. The van der Waals surface area contributed by atoms with Gasteiger partial charge >= 0.3 is 0 Å². The summed E-state index contributed by atoms with van der Waals surface area (Å²) in [4.78, 5) is 20.0. The predicted octanol–water partition coefficient (Wildman–Crippen LogP) is 4.16. The number of likely N-dealkylation sites (N-methyl/N-ethyl adjacent to an activating group) is 1. The summed E-state index contributed by atoms with van der Waals surface area (Å²) >= 11 is 1.72. The largest absolute Gasteiger partial charge is 0.341 e. The van der Waals surface area contributed by atoms with Gasteiger partial charge in [0.05, 0.1) is 11.9 Å². The van der Waals surface area contributed by atoms with Gasteiger partial charge in [0.2, 0.25) is 5.91 Å². The molecule has 122 valence electrons. The highest BCUT2D eigenvalue weighted by molar-refractivity contribution is 7.98. The Balaban J connectivity index is 1.71. The van der Waals surface area contributed by atoms with Gasteiger partial charge in [-0.05, 0) is 35.6 Å². The summed E-state index contributed by atoms with van der Waals surface area (Å²) in [5.74, 6) is 0.0992. The number of para-hydroxylation sites is 1. The zero-order valence-corrected chi connectivity index (χ0v) is 14.7. The molecular weight excluding hydrogens is 316 g/mol. The molecule has 0 unspecified atom stereocenters. The van der Waals surface area contributed by atoms with Gasteiger partial charge in [0.1, 0.15) is 0 Å². The molecule has 0 bridgehead atoms. The minimum Gasteiger partial charge on any atom is -0.341 e. The SMILES string of the molecule is CSc1ccc(CN(C)C(=O)Cc2cccc3cccnc23)cc1. The standard InChI is InChI=1S/C20H20N2OS/c1-22(14-15-8-10-18(24-2)11-9-15)19(23)13-17-6-3-5-16-7-4-12-21-20(16)17/h3-12H,13-14H2,1-2H3. The van der Waals surface area contributed by atoms with Crippen molar-refractivity contribution in [1.82, 2.24) is 9.88 Å². The second-order valence-corrected chi connectivity index (χ2v) is 6.65. The first-order chi connectivity index (χ1) is 11.7. The quantitative estimate of drug-likeness (QED) is 0.656. The zero-order valence-electron chi connectivity index (χ0n) is 13.9. The van der Waals surface area contributed by atoms with Crippen molar-refractivity contribution in [2.45, 2.75) is 17.9 Å². The maximum atomic E-state index is 12.6. The molecule has 0 saturated carbocycles. The molecule has 1 amide bonds. The fraction of sp³-hybridized carbons (Fsp3) is 0.200. The van der Waals surface area contributed by atoms with Crippen molar-refractivity contribution >= 4 is 28.6 Å². The van der Waals surface area contributed by atoms with E-state index in [1.54, 1.807) is 22.9 Å². The summed E-state index contributed by atoms with van der Waals surface area (Å²) in [7, 11) is 1.85. The Morgan fingerprint density at radius 1 is 1.08 bits per heavy atom. The van der Waals surface area contributed by atoms with Crippen LogP contribution >= 0.6 is 11.8 Å². The minimum atomic E-state index is 0.0992. The molecule has 0 N–H and O–H groups in total. The molecule has 2 aromatic carbocycles. The maximum Gasteiger partial charge on any atom is 0.227 e. The lowest BCUT2D eigenvalue weighted by Gasteiger charge is -2.18. The van der Waals surface area contributed by atoms with Crippen LogP contribution in [0.2, 0.25) is 0 Å². The van der Waals surface area contributed by atoms with E-state index in [4.69, 9.17) is 0 Å². The lowest BCUT2D eigenvalue weighted by Crippen LogP contribution is -2.27. The first-order valence-corrected chi connectivity index (χ1v) is 9.09. The summed E-state index contributed by atoms with van der Waals surface area (Å²) < 4.78 is 0. The maximum absolute atomic E-state index is 12.6. The molecule has 24 heavy (non-hydrogen) atoms. The first-order valence-electron chi connectivity index (χ1n) is 7.87. The molecule has 3 aromatic rings. The number of pyridine rings is 1. The van der Waals surface area contributed by atoms with E-state index >= 15 is 0 Å². The third-order valence-electron chi connectivity index (χ3n) is 4.06. The molecule has 0 fully saturated rings. The summed E-state index contributed by atoms with van der Waals surface area (Å²) in [6.07, 6.45) is 4.20. The number of fused-ring (bicyclic) bond motifs is 1. The van der Waals surface area contributed by atoms with Gasteiger partial charge in [-0.2, -0.15) is 0 Å². The Kier molecular flexibility index (Phi) is 5.16. The number of amides is 1. The lowest BCUT2D eigenvalue weighted by atomic mass is 10.1. The number of carbonyl (C=O) groups is 1. The van der Waals surface area contributed by atoms with Crippen LogP contribution in [-0.4, -0.2) is 29.1 Å². The van der Waals surface area contributed by atoms with E-state index in [1.165, 1.54) is 4.90 Å². The van der Waals surface area contributed by atoms with Crippen LogP contribution in [0.5, 0.6) is 0 Å². The molecule has 0 saturated heterocycles. The molecule has 1 heterocycles. The fourth-order valence-electron chi connectivity index (χ4n) is 2.70. The molecule has 1 aromatic heterocycles.